The molecule has 0 spiro atoms. The highest BCUT2D eigenvalue weighted by Crippen LogP contribution is 2.29. The standard InChI is InChI=1S/C11H8BrClFN3O/c1-15-11-16-5-9(13)10(17-11)18-8-3-6(12)2-7(14)4-8/h2-5H,1H3,(H,15,16,17). The quantitative estimate of drug-likeness (QED) is 0.927. The van der Waals surface area contributed by atoms with E-state index in [0.717, 1.165) is 0 Å². The van der Waals surface area contributed by atoms with Crippen LogP contribution in [0.4, 0.5) is 10.3 Å². The van der Waals surface area contributed by atoms with E-state index in [1.807, 2.05) is 0 Å². The van der Waals surface area contributed by atoms with Crippen LogP contribution < -0.4 is 10.1 Å². The summed E-state index contributed by atoms with van der Waals surface area (Å²) in [6, 6.07) is 4.18. The number of halogens is 3. The molecule has 1 aromatic carbocycles. The van der Waals surface area contributed by atoms with Crippen LogP contribution in [0.3, 0.4) is 0 Å². The minimum atomic E-state index is -0.418. The van der Waals surface area contributed by atoms with E-state index in [0.29, 0.717) is 16.2 Å². The molecule has 0 bridgehead atoms. The van der Waals surface area contributed by atoms with Crippen LogP contribution in [-0.2, 0) is 0 Å². The summed E-state index contributed by atoms with van der Waals surface area (Å²) >= 11 is 9.07. The van der Waals surface area contributed by atoms with Gasteiger partial charge >= 0.3 is 0 Å². The lowest BCUT2D eigenvalue weighted by Gasteiger charge is -2.08. The number of nitrogens with one attached hydrogen (secondary N) is 1. The van der Waals surface area contributed by atoms with Gasteiger partial charge in [-0.05, 0) is 12.1 Å². The zero-order chi connectivity index (χ0) is 13.1. The molecule has 0 radical (unpaired) electrons. The summed E-state index contributed by atoms with van der Waals surface area (Å²) in [4.78, 5) is 7.95. The van der Waals surface area contributed by atoms with Gasteiger partial charge in [0.05, 0.1) is 6.20 Å². The fraction of sp³-hybridized carbons (Fsp3) is 0.0909. The molecule has 0 saturated carbocycles. The highest BCUT2D eigenvalue weighted by molar-refractivity contribution is 9.10. The van der Waals surface area contributed by atoms with E-state index in [4.69, 9.17) is 16.3 Å². The first-order valence-corrected chi connectivity index (χ1v) is 6.10. The van der Waals surface area contributed by atoms with Crippen molar-refractivity contribution in [1.82, 2.24) is 9.97 Å². The second-order valence-corrected chi connectivity index (χ2v) is 4.63. The first-order valence-electron chi connectivity index (χ1n) is 4.92. The zero-order valence-electron chi connectivity index (χ0n) is 9.25. The third-order valence-corrected chi connectivity index (χ3v) is 2.70. The van der Waals surface area contributed by atoms with Gasteiger partial charge in [-0.1, -0.05) is 27.5 Å². The van der Waals surface area contributed by atoms with Crippen molar-refractivity contribution in [3.63, 3.8) is 0 Å². The number of rotatable bonds is 3. The Hall–Kier alpha value is -1.40. The third-order valence-electron chi connectivity index (χ3n) is 1.99. The Morgan fingerprint density at radius 3 is 2.83 bits per heavy atom. The molecule has 1 N–H and O–H groups in total. The summed E-state index contributed by atoms with van der Waals surface area (Å²) in [6.07, 6.45) is 1.41. The minimum Gasteiger partial charge on any atom is -0.437 e. The van der Waals surface area contributed by atoms with E-state index in [9.17, 15) is 4.39 Å². The molecular formula is C11H8BrClFN3O. The van der Waals surface area contributed by atoms with Gasteiger partial charge in [-0.25, -0.2) is 9.37 Å². The molecule has 0 unspecified atom stereocenters. The SMILES string of the molecule is CNc1ncc(Cl)c(Oc2cc(F)cc(Br)c2)n1. The highest BCUT2D eigenvalue weighted by Gasteiger charge is 2.08. The number of benzene rings is 1. The number of anilines is 1. The van der Waals surface area contributed by atoms with Crippen LogP contribution >= 0.6 is 27.5 Å². The lowest BCUT2D eigenvalue weighted by atomic mass is 10.3. The van der Waals surface area contributed by atoms with Crippen molar-refractivity contribution in [3.8, 4) is 11.6 Å². The highest BCUT2D eigenvalue weighted by atomic mass is 79.9. The van der Waals surface area contributed by atoms with Crippen molar-refractivity contribution in [2.24, 2.45) is 0 Å². The Morgan fingerprint density at radius 2 is 2.17 bits per heavy atom. The summed E-state index contributed by atoms with van der Waals surface area (Å²) in [5.41, 5.74) is 0. The Labute approximate surface area is 116 Å². The minimum absolute atomic E-state index is 0.161. The molecular weight excluding hydrogens is 324 g/mol. The van der Waals surface area contributed by atoms with Crippen LogP contribution in [0.15, 0.2) is 28.9 Å². The molecule has 0 aliphatic carbocycles. The molecule has 0 aliphatic heterocycles. The Morgan fingerprint density at radius 1 is 1.39 bits per heavy atom. The van der Waals surface area contributed by atoms with Crippen molar-refractivity contribution >= 4 is 33.5 Å². The van der Waals surface area contributed by atoms with E-state index in [2.05, 4.69) is 31.2 Å². The largest absolute Gasteiger partial charge is 0.437 e. The molecule has 2 rings (SSSR count). The van der Waals surface area contributed by atoms with Crippen LogP contribution in [0.5, 0.6) is 11.6 Å². The molecule has 1 heterocycles. The number of aromatic nitrogens is 2. The van der Waals surface area contributed by atoms with Crippen molar-refractivity contribution < 1.29 is 9.13 Å². The number of hydrogen-bond donors (Lipinski definition) is 1. The average molecular weight is 333 g/mol. The average Bonchev–Trinajstić information content (AvgIpc) is 2.30. The first-order chi connectivity index (χ1) is 8.58. The fourth-order valence-electron chi connectivity index (χ4n) is 1.24. The Kier molecular flexibility index (Phi) is 3.98. The Balaban J connectivity index is 2.33. The normalized spacial score (nSPS) is 10.2. The van der Waals surface area contributed by atoms with Crippen molar-refractivity contribution in [1.29, 1.82) is 0 Å². The number of ether oxygens (including phenoxy) is 1. The molecule has 0 amide bonds. The van der Waals surface area contributed by atoms with Crippen LogP contribution in [0.1, 0.15) is 0 Å². The maximum Gasteiger partial charge on any atom is 0.243 e. The summed E-state index contributed by atoms with van der Waals surface area (Å²) in [5, 5.41) is 3.00. The summed E-state index contributed by atoms with van der Waals surface area (Å²) < 4.78 is 19.2. The van der Waals surface area contributed by atoms with Gasteiger partial charge in [0.1, 0.15) is 16.6 Å². The molecule has 1 aromatic heterocycles. The second kappa shape index (κ2) is 5.49. The van der Waals surface area contributed by atoms with Gasteiger partial charge in [0.15, 0.2) is 0 Å². The molecule has 7 heteroatoms. The smallest absolute Gasteiger partial charge is 0.243 e. The molecule has 2 aromatic rings. The van der Waals surface area contributed by atoms with E-state index >= 15 is 0 Å². The predicted molar refractivity (Wildman–Crippen MR) is 70.8 cm³/mol. The van der Waals surface area contributed by atoms with Gasteiger partial charge in [0.2, 0.25) is 11.8 Å². The monoisotopic (exact) mass is 331 g/mol. The first kappa shape index (κ1) is 13.0. The molecule has 0 fully saturated rings. The maximum absolute atomic E-state index is 13.2. The van der Waals surface area contributed by atoms with Gasteiger partial charge < -0.3 is 10.1 Å². The molecule has 0 saturated heterocycles. The summed E-state index contributed by atoms with van der Waals surface area (Å²) in [5.74, 6) is 0.404. The van der Waals surface area contributed by atoms with Gasteiger partial charge in [-0.2, -0.15) is 4.98 Å². The van der Waals surface area contributed by atoms with E-state index in [-0.39, 0.29) is 10.9 Å². The third kappa shape index (κ3) is 3.08. The Bertz CT molecular complexity index is 562. The molecule has 94 valence electrons. The fourth-order valence-corrected chi connectivity index (χ4v) is 1.82. The van der Waals surface area contributed by atoms with Crippen molar-refractivity contribution in [2.75, 3.05) is 12.4 Å². The van der Waals surface area contributed by atoms with Crippen LogP contribution in [0, 0.1) is 5.82 Å². The second-order valence-electron chi connectivity index (χ2n) is 3.30. The van der Waals surface area contributed by atoms with E-state index < -0.39 is 5.82 Å². The zero-order valence-corrected chi connectivity index (χ0v) is 11.6. The van der Waals surface area contributed by atoms with Gasteiger partial charge in [-0.3, -0.25) is 0 Å². The molecule has 18 heavy (non-hydrogen) atoms. The topological polar surface area (TPSA) is 47.0 Å². The van der Waals surface area contributed by atoms with Crippen molar-refractivity contribution in [3.05, 3.63) is 39.7 Å². The van der Waals surface area contributed by atoms with Crippen LogP contribution in [0.25, 0.3) is 0 Å². The van der Waals surface area contributed by atoms with Crippen LogP contribution in [0.2, 0.25) is 5.02 Å². The lowest BCUT2D eigenvalue weighted by molar-refractivity contribution is 0.457. The van der Waals surface area contributed by atoms with Crippen molar-refractivity contribution in [2.45, 2.75) is 0 Å². The molecule has 0 atom stereocenters. The predicted octanol–water partition coefficient (Wildman–Crippen LogP) is 3.87. The van der Waals surface area contributed by atoms with Crippen LogP contribution in [-0.4, -0.2) is 17.0 Å². The van der Waals surface area contributed by atoms with E-state index in [1.165, 1.54) is 18.3 Å². The van der Waals surface area contributed by atoms with Gasteiger partial charge in [-0.15, -0.1) is 0 Å². The van der Waals surface area contributed by atoms with Gasteiger partial charge in [0.25, 0.3) is 0 Å². The molecule has 4 nitrogen and oxygen atoms in total. The summed E-state index contributed by atoms with van der Waals surface area (Å²) in [6.45, 7) is 0. The number of nitrogens with zero attached hydrogens (tertiary/aromatic N) is 2. The summed E-state index contributed by atoms with van der Waals surface area (Å²) in [7, 11) is 1.67. The van der Waals surface area contributed by atoms with Gasteiger partial charge in [0, 0.05) is 17.6 Å². The lowest BCUT2D eigenvalue weighted by Crippen LogP contribution is -1.98. The van der Waals surface area contributed by atoms with E-state index in [1.54, 1.807) is 13.1 Å². The molecule has 0 aliphatic rings. The number of hydrogen-bond acceptors (Lipinski definition) is 4. The maximum atomic E-state index is 13.2.